The number of furan rings is 1. The number of hydrogen-bond donors (Lipinski definition) is 2. The molecule has 0 fully saturated rings. The average Bonchev–Trinajstić information content (AvgIpc) is 2.97. The molecular formula is C13H14N2O5S. The third-order valence-electron chi connectivity index (χ3n) is 2.77. The highest BCUT2D eigenvalue weighted by molar-refractivity contribution is 7.89. The number of ether oxygens (including phenoxy) is 1. The molecule has 0 radical (unpaired) electrons. The summed E-state index contributed by atoms with van der Waals surface area (Å²) in [5, 5.41) is 0. The van der Waals surface area contributed by atoms with Crippen LogP contribution in [0.2, 0.25) is 0 Å². The molecule has 0 saturated heterocycles. The van der Waals surface area contributed by atoms with Crippen LogP contribution in [0, 0.1) is 0 Å². The number of anilines is 1. The van der Waals surface area contributed by atoms with Gasteiger partial charge < -0.3 is 14.9 Å². The summed E-state index contributed by atoms with van der Waals surface area (Å²) in [4.78, 5) is 11.3. The quantitative estimate of drug-likeness (QED) is 0.632. The standard InChI is InChI=1S/C13H14N2O5S/c1-19-13(16)10-2-3-12(11(14)6-10)21(17,18)15-7-9-4-5-20-8-9/h2-6,8,15H,7,14H2,1H3. The van der Waals surface area contributed by atoms with Gasteiger partial charge >= 0.3 is 5.97 Å². The highest BCUT2D eigenvalue weighted by Gasteiger charge is 2.19. The second-order valence-electron chi connectivity index (χ2n) is 4.20. The number of esters is 1. The zero-order valence-electron chi connectivity index (χ0n) is 11.2. The van der Waals surface area contributed by atoms with Gasteiger partial charge in [0, 0.05) is 12.1 Å². The van der Waals surface area contributed by atoms with Gasteiger partial charge in [0.2, 0.25) is 10.0 Å². The van der Waals surface area contributed by atoms with E-state index in [0.717, 1.165) is 0 Å². The minimum absolute atomic E-state index is 0.0300. The number of carbonyl (C=O) groups is 1. The van der Waals surface area contributed by atoms with E-state index in [9.17, 15) is 13.2 Å². The summed E-state index contributed by atoms with van der Waals surface area (Å²) in [5.74, 6) is -0.586. The zero-order valence-corrected chi connectivity index (χ0v) is 12.0. The van der Waals surface area contributed by atoms with Crippen molar-refractivity contribution in [3.8, 4) is 0 Å². The van der Waals surface area contributed by atoms with E-state index in [-0.39, 0.29) is 22.7 Å². The van der Waals surface area contributed by atoms with Gasteiger partial charge in [-0.2, -0.15) is 0 Å². The lowest BCUT2D eigenvalue weighted by Crippen LogP contribution is -2.24. The van der Waals surface area contributed by atoms with Crippen LogP contribution in [0.25, 0.3) is 0 Å². The van der Waals surface area contributed by atoms with Crippen LogP contribution < -0.4 is 10.5 Å². The lowest BCUT2D eigenvalue weighted by molar-refractivity contribution is 0.0600. The summed E-state index contributed by atoms with van der Waals surface area (Å²) in [6.07, 6.45) is 2.88. The van der Waals surface area contributed by atoms with Crippen molar-refractivity contribution in [1.29, 1.82) is 0 Å². The molecule has 0 saturated carbocycles. The van der Waals surface area contributed by atoms with Gasteiger partial charge in [0.1, 0.15) is 4.90 Å². The first-order valence-corrected chi connectivity index (χ1v) is 7.41. The summed E-state index contributed by atoms with van der Waals surface area (Å²) in [6, 6.07) is 5.51. The first kappa shape index (κ1) is 15.1. The van der Waals surface area contributed by atoms with Gasteiger partial charge in [0.05, 0.1) is 30.9 Å². The molecule has 3 N–H and O–H groups in total. The molecule has 0 bridgehead atoms. The Hall–Kier alpha value is -2.32. The molecule has 2 rings (SSSR count). The van der Waals surface area contributed by atoms with Crippen LogP contribution >= 0.6 is 0 Å². The largest absolute Gasteiger partial charge is 0.472 e. The minimum Gasteiger partial charge on any atom is -0.472 e. The molecule has 21 heavy (non-hydrogen) atoms. The molecule has 0 unspecified atom stereocenters. The molecule has 0 aliphatic carbocycles. The van der Waals surface area contributed by atoms with E-state index in [0.29, 0.717) is 5.56 Å². The van der Waals surface area contributed by atoms with Crippen molar-refractivity contribution in [1.82, 2.24) is 4.72 Å². The van der Waals surface area contributed by atoms with Crippen molar-refractivity contribution < 1.29 is 22.4 Å². The normalized spacial score (nSPS) is 11.3. The number of nitrogens with one attached hydrogen (secondary N) is 1. The van der Waals surface area contributed by atoms with Crippen molar-refractivity contribution in [3.63, 3.8) is 0 Å². The summed E-state index contributed by atoms with van der Waals surface area (Å²) in [6.45, 7) is 0.0804. The number of sulfonamides is 1. The maximum absolute atomic E-state index is 12.2. The molecule has 2 aromatic rings. The highest BCUT2D eigenvalue weighted by atomic mass is 32.2. The van der Waals surface area contributed by atoms with Crippen molar-refractivity contribution in [2.75, 3.05) is 12.8 Å². The van der Waals surface area contributed by atoms with Gasteiger partial charge in [-0.1, -0.05) is 0 Å². The van der Waals surface area contributed by atoms with E-state index in [4.69, 9.17) is 10.2 Å². The second kappa shape index (κ2) is 5.98. The molecule has 8 heteroatoms. The van der Waals surface area contributed by atoms with Gasteiger partial charge in [-0.25, -0.2) is 17.9 Å². The van der Waals surface area contributed by atoms with Gasteiger partial charge in [0.15, 0.2) is 0 Å². The Balaban J connectivity index is 2.21. The van der Waals surface area contributed by atoms with Crippen LogP contribution in [0.5, 0.6) is 0 Å². The van der Waals surface area contributed by atoms with Crippen LogP contribution in [0.1, 0.15) is 15.9 Å². The monoisotopic (exact) mass is 310 g/mol. The van der Waals surface area contributed by atoms with E-state index in [1.54, 1.807) is 6.07 Å². The fourth-order valence-electron chi connectivity index (χ4n) is 1.69. The second-order valence-corrected chi connectivity index (χ2v) is 5.94. The highest BCUT2D eigenvalue weighted by Crippen LogP contribution is 2.20. The van der Waals surface area contributed by atoms with Crippen LogP contribution in [0.15, 0.2) is 46.1 Å². The summed E-state index contributed by atoms with van der Waals surface area (Å²) < 4.78 is 36.1. The number of carbonyl (C=O) groups excluding carboxylic acids is 1. The molecule has 1 aromatic carbocycles. The fraction of sp³-hybridized carbons (Fsp3) is 0.154. The van der Waals surface area contributed by atoms with E-state index < -0.39 is 16.0 Å². The molecule has 1 aromatic heterocycles. The summed E-state index contributed by atoms with van der Waals surface area (Å²) in [7, 11) is -2.55. The van der Waals surface area contributed by atoms with E-state index in [1.165, 1.54) is 37.8 Å². The van der Waals surface area contributed by atoms with Crippen LogP contribution in [0.3, 0.4) is 0 Å². The molecule has 0 spiro atoms. The smallest absolute Gasteiger partial charge is 0.337 e. The third kappa shape index (κ3) is 3.41. The Morgan fingerprint density at radius 3 is 2.71 bits per heavy atom. The Morgan fingerprint density at radius 1 is 1.38 bits per heavy atom. The Labute approximate surface area is 121 Å². The van der Waals surface area contributed by atoms with Gasteiger partial charge in [-0.05, 0) is 24.3 Å². The lowest BCUT2D eigenvalue weighted by atomic mass is 10.2. The van der Waals surface area contributed by atoms with Crippen LogP contribution in [-0.4, -0.2) is 21.5 Å². The minimum atomic E-state index is -3.79. The summed E-state index contributed by atoms with van der Waals surface area (Å²) >= 11 is 0. The molecule has 0 aliphatic rings. The van der Waals surface area contributed by atoms with Crippen molar-refractivity contribution in [2.45, 2.75) is 11.4 Å². The number of rotatable bonds is 5. The molecule has 0 aliphatic heterocycles. The first-order chi connectivity index (χ1) is 9.94. The number of nitrogen functional groups attached to an aromatic ring is 1. The van der Waals surface area contributed by atoms with Crippen molar-refractivity contribution in [2.24, 2.45) is 0 Å². The Morgan fingerprint density at radius 2 is 2.14 bits per heavy atom. The molecule has 7 nitrogen and oxygen atoms in total. The molecular weight excluding hydrogens is 296 g/mol. The fourth-order valence-corrected chi connectivity index (χ4v) is 2.82. The number of methoxy groups -OCH3 is 1. The third-order valence-corrected chi connectivity index (χ3v) is 4.24. The Bertz CT molecular complexity index is 738. The van der Waals surface area contributed by atoms with Gasteiger partial charge in [0.25, 0.3) is 0 Å². The molecule has 0 atom stereocenters. The van der Waals surface area contributed by atoms with E-state index >= 15 is 0 Å². The Kier molecular flexibility index (Phi) is 4.29. The molecule has 0 amide bonds. The topological polar surface area (TPSA) is 112 Å². The SMILES string of the molecule is COC(=O)c1ccc(S(=O)(=O)NCc2ccoc2)c(N)c1. The first-order valence-electron chi connectivity index (χ1n) is 5.92. The van der Waals surface area contributed by atoms with E-state index in [2.05, 4.69) is 9.46 Å². The lowest BCUT2D eigenvalue weighted by Gasteiger charge is -2.09. The predicted octanol–water partition coefficient (Wildman–Crippen LogP) is 1.13. The van der Waals surface area contributed by atoms with Gasteiger partial charge in [-0.15, -0.1) is 0 Å². The van der Waals surface area contributed by atoms with Crippen LogP contribution in [-0.2, 0) is 21.3 Å². The van der Waals surface area contributed by atoms with Gasteiger partial charge in [-0.3, -0.25) is 0 Å². The van der Waals surface area contributed by atoms with Crippen LogP contribution in [0.4, 0.5) is 5.69 Å². The number of benzene rings is 1. The van der Waals surface area contributed by atoms with Crippen molar-refractivity contribution >= 4 is 21.7 Å². The van der Waals surface area contributed by atoms with Crippen molar-refractivity contribution in [3.05, 3.63) is 47.9 Å². The maximum atomic E-state index is 12.2. The predicted molar refractivity (Wildman–Crippen MR) is 74.9 cm³/mol. The molecule has 1 heterocycles. The zero-order chi connectivity index (χ0) is 15.5. The number of hydrogen-bond acceptors (Lipinski definition) is 6. The summed E-state index contributed by atoms with van der Waals surface area (Å²) in [5.41, 5.74) is 6.54. The number of nitrogens with two attached hydrogens (primary N) is 1. The average molecular weight is 310 g/mol. The molecule has 112 valence electrons. The maximum Gasteiger partial charge on any atom is 0.337 e. The van der Waals surface area contributed by atoms with E-state index in [1.807, 2.05) is 0 Å².